The van der Waals surface area contributed by atoms with E-state index in [1.807, 2.05) is 13.8 Å². The molecule has 0 atom stereocenters. The van der Waals surface area contributed by atoms with Crippen LogP contribution in [0, 0.1) is 13.8 Å². The van der Waals surface area contributed by atoms with E-state index in [2.05, 4.69) is 20.9 Å². The van der Waals surface area contributed by atoms with Gasteiger partial charge in [0.05, 0.1) is 18.8 Å². The van der Waals surface area contributed by atoms with E-state index in [4.69, 9.17) is 13.9 Å². The number of anilines is 1. The van der Waals surface area contributed by atoms with E-state index in [-0.39, 0.29) is 46.9 Å². The molecule has 0 aromatic heterocycles. The lowest BCUT2D eigenvalue weighted by Gasteiger charge is -2.23. The summed E-state index contributed by atoms with van der Waals surface area (Å²) in [5, 5.41) is 0. The Morgan fingerprint density at radius 3 is 2.05 bits per heavy atom. The van der Waals surface area contributed by atoms with Crippen molar-refractivity contribution in [1.29, 1.82) is 0 Å². The fourth-order valence-corrected chi connectivity index (χ4v) is 4.47. The van der Waals surface area contributed by atoms with Crippen molar-refractivity contribution in [3.05, 3.63) is 43.0 Å². The number of aryl methyl sites for hydroxylation is 1. The van der Waals surface area contributed by atoms with Crippen molar-refractivity contribution in [3.8, 4) is 11.5 Å². The topological polar surface area (TPSA) is 133 Å². The van der Waals surface area contributed by atoms with Gasteiger partial charge in [-0.25, -0.2) is 19.5 Å². The third-order valence-corrected chi connectivity index (χ3v) is 7.02. The second kappa shape index (κ2) is 12.5. The summed E-state index contributed by atoms with van der Waals surface area (Å²) in [6.45, 7) is 9.54. The van der Waals surface area contributed by atoms with Gasteiger partial charge in [0.1, 0.15) is 22.5 Å². The summed E-state index contributed by atoms with van der Waals surface area (Å²) < 4.78 is 17.5. The van der Waals surface area contributed by atoms with Crippen LogP contribution >= 0.6 is 15.9 Å². The van der Waals surface area contributed by atoms with Crippen LogP contribution in [0.3, 0.4) is 0 Å². The highest BCUT2D eigenvalue weighted by Crippen LogP contribution is 2.38. The van der Waals surface area contributed by atoms with Crippen LogP contribution in [0.5, 0.6) is 0 Å². The molecule has 3 rings (SSSR count). The Kier molecular flexibility index (Phi) is 9.60. The summed E-state index contributed by atoms with van der Waals surface area (Å²) in [6.07, 6.45) is 2.80. The molecule has 11 heteroatoms. The Labute approximate surface area is 234 Å². The molecule has 0 radical (unpaired) electrons. The first-order valence-corrected chi connectivity index (χ1v) is 13.5. The number of imide groups is 1. The van der Waals surface area contributed by atoms with Gasteiger partial charge in [0.25, 0.3) is 0 Å². The first kappa shape index (κ1) is 29.9. The highest BCUT2D eigenvalue weighted by molar-refractivity contribution is 9.10. The minimum Gasteiger partial charge on any atom is -0.462 e. The van der Waals surface area contributed by atoms with Gasteiger partial charge < -0.3 is 13.9 Å². The molecule has 1 aromatic carbocycles. The predicted molar refractivity (Wildman–Crippen MR) is 148 cm³/mol. The molecule has 1 aliphatic carbocycles. The molecule has 2 amide bonds. The first-order valence-electron chi connectivity index (χ1n) is 12.7. The molecule has 1 heterocycles. The number of amides is 2. The van der Waals surface area contributed by atoms with Crippen molar-refractivity contribution in [3.63, 3.8) is 0 Å². The highest BCUT2D eigenvalue weighted by atomic mass is 79.9. The number of ether oxygens (including phenoxy) is 2. The molecule has 10 nitrogen and oxygen atoms in total. The van der Waals surface area contributed by atoms with E-state index >= 15 is 0 Å². The highest BCUT2D eigenvalue weighted by Gasteiger charge is 2.36. The molecule has 0 saturated carbocycles. The van der Waals surface area contributed by atoms with Crippen molar-refractivity contribution < 1.29 is 33.1 Å². The summed E-state index contributed by atoms with van der Waals surface area (Å²) in [4.78, 5) is 70.3. The molecular formula is C28H31BrN2O8. The second-order valence-corrected chi connectivity index (χ2v) is 9.98. The van der Waals surface area contributed by atoms with Gasteiger partial charge in [0.15, 0.2) is 11.3 Å². The van der Waals surface area contributed by atoms with Crippen molar-refractivity contribution >= 4 is 56.5 Å². The van der Waals surface area contributed by atoms with Crippen molar-refractivity contribution in [2.75, 3.05) is 18.1 Å². The summed E-state index contributed by atoms with van der Waals surface area (Å²) in [6, 6.07) is 1.55. The summed E-state index contributed by atoms with van der Waals surface area (Å²) in [5.41, 5.74) is -0.735. The van der Waals surface area contributed by atoms with Gasteiger partial charge in [0, 0.05) is 29.4 Å². The zero-order valence-corrected chi connectivity index (χ0v) is 24.4. The fourth-order valence-electron chi connectivity index (χ4n) is 4.06. The third kappa shape index (κ3) is 5.88. The maximum Gasteiger partial charge on any atom is 0.342 e. The van der Waals surface area contributed by atoms with Crippen LogP contribution in [0.25, 0.3) is 22.6 Å². The van der Waals surface area contributed by atoms with Gasteiger partial charge in [0.2, 0.25) is 17.2 Å². The number of fused-ring (bicyclic) bond motifs is 2. The lowest BCUT2D eigenvalue weighted by molar-refractivity contribution is -0.124. The van der Waals surface area contributed by atoms with Gasteiger partial charge in [-0.1, -0.05) is 42.6 Å². The van der Waals surface area contributed by atoms with Crippen molar-refractivity contribution in [2.45, 2.75) is 67.2 Å². The fraction of sp³-hybridized carbons (Fsp3) is 0.429. The number of carbonyl (C=O) groups is 4. The van der Waals surface area contributed by atoms with Crippen LogP contribution in [-0.4, -0.2) is 42.0 Å². The molecular weight excluding hydrogens is 572 g/mol. The van der Waals surface area contributed by atoms with Crippen LogP contribution in [0.2, 0.25) is 0 Å². The molecule has 0 saturated heterocycles. The van der Waals surface area contributed by atoms with E-state index in [0.29, 0.717) is 27.8 Å². The van der Waals surface area contributed by atoms with Crippen LogP contribution in [0.15, 0.2) is 19.8 Å². The number of benzene rings is 2. The number of aromatic nitrogens is 1. The average Bonchev–Trinajstić information content (AvgIpc) is 2.88. The number of hydrogen-bond donors (Lipinski definition) is 0. The van der Waals surface area contributed by atoms with Gasteiger partial charge in [-0.2, -0.15) is 0 Å². The minimum atomic E-state index is -0.948. The predicted octanol–water partition coefficient (Wildman–Crippen LogP) is 5.49. The quantitative estimate of drug-likeness (QED) is 0.177. The number of rotatable bonds is 9. The Hall–Kier alpha value is -3.60. The van der Waals surface area contributed by atoms with Crippen LogP contribution in [0.1, 0.15) is 85.2 Å². The molecule has 208 valence electrons. The number of esters is 2. The number of carbonyl (C=O) groups excluding carboxylic acids is 4. The smallest absolute Gasteiger partial charge is 0.342 e. The molecule has 0 unspecified atom stereocenters. The number of halogens is 1. The van der Waals surface area contributed by atoms with Crippen LogP contribution in [0.4, 0.5) is 5.69 Å². The Morgan fingerprint density at radius 2 is 1.51 bits per heavy atom. The van der Waals surface area contributed by atoms with E-state index in [9.17, 15) is 24.0 Å². The minimum absolute atomic E-state index is 0.0263. The molecule has 1 aromatic rings. The van der Waals surface area contributed by atoms with Gasteiger partial charge >= 0.3 is 11.9 Å². The van der Waals surface area contributed by atoms with Crippen molar-refractivity contribution in [2.24, 2.45) is 0 Å². The summed E-state index contributed by atoms with van der Waals surface area (Å²) in [7, 11) is 0. The summed E-state index contributed by atoms with van der Waals surface area (Å²) in [5.74, 6) is -3.15. The third-order valence-electron chi connectivity index (χ3n) is 6.19. The normalized spacial score (nSPS) is 11.1. The second-order valence-electron chi connectivity index (χ2n) is 9.13. The lowest BCUT2D eigenvalue weighted by Crippen LogP contribution is -2.39. The van der Waals surface area contributed by atoms with Crippen LogP contribution in [-0.2, 0) is 19.1 Å². The SMILES string of the molecule is CCCCOC(=O)c1c2nc3c(C(=O)OCCCC)cc(Br)c(C)c3oc-2c(C)c(=O)c1N(C(C)=O)C(C)=O. The van der Waals surface area contributed by atoms with Crippen LogP contribution < -0.4 is 10.3 Å². The number of hydrogen-bond acceptors (Lipinski definition) is 9. The molecule has 1 aliphatic heterocycles. The van der Waals surface area contributed by atoms with Gasteiger partial charge in [-0.3, -0.25) is 14.4 Å². The molecule has 2 aliphatic rings. The van der Waals surface area contributed by atoms with E-state index < -0.39 is 40.4 Å². The first-order chi connectivity index (χ1) is 18.5. The lowest BCUT2D eigenvalue weighted by atomic mass is 9.99. The summed E-state index contributed by atoms with van der Waals surface area (Å²) >= 11 is 3.44. The van der Waals surface area contributed by atoms with E-state index in [1.54, 1.807) is 13.0 Å². The maximum atomic E-state index is 13.6. The molecule has 0 fully saturated rings. The monoisotopic (exact) mass is 602 g/mol. The average molecular weight is 603 g/mol. The Balaban J connectivity index is 2.49. The molecule has 0 N–H and O–H groups in total. The molecule has 0 bridgehead atoms. The Bertz CT molecular complexity index is 1480. The molecule has 0 spiro atoms. The number of unbranched alkanes of at least 4 members (excludes halogenated alkanes) is 2. The molecule has 39 heavy (non-hydrogen) atoms. The maximum absolute atomic E-state index is 13.6. The zero-order valence-electron chi connectivity index (χ0n) is 22.9. The standard InChI is InChI=1S/C28H31BrN2O8/c1-7-9-11-37-27(35)18-13-19(29)14(3)25-21(18)30-22-20(28(36)38-12-10-8-2)23(31(16(5)32)17(6)33)24(34)15(4)26(22)39-25/h13H,7-12H2,1-6H3. The van der Waals surface area contributed by atoms with E-state index in [1.165, 1.54) is 6.92 Å². The van der Waals surface area contributed by atoms with Crippen molar-refractivity contribution in [1.82, 2.24) is 4.98 Å². The zero-order chi connectivity index (χ0) is 29.0. The number of nitrogens with zero attached hydrogens (tertiary/aromatic N) is 2. The van der Waals surface area contributed by atoms with Gasteiger partial charge in [-0.05, 0) is 32.8 Å². The largest absolute Gasteiger partial charge is 0.462 e. The van der Waals surface area contributed by atoms with Gasteiger partial charge in [-0.15, -0.1) is 0 Å². The van der Waals surface area contributed by atoms with E-state index in [0.717, 1.165) is 26.7 Å². The Morgan fingerprint density at radius 1 is 0.949 bits per heavy atom.